The summed E-state index contributed by atoms with van der Waals surface area (Å²) in [6.45, 7) is 9.38. The van der Waals surface area contributed by atoms with Gasteiger partial charge in [0.2, 0.25) is 0 Å². The van der Waals surface area contributed by atoms with Crippen molar-refractivity contribution in [2.75, 3.05) is 0 Å². The van der Waals surface area contributed by atoms with Crippen molar-refractivity contribution in [1.29, 1.82) is 0 Å². The molecule has 293 valence electrons. The van der Waals surface area contributed by atoms with Gasteiger partial charge in [0.1, 0.15) is 0 Å². The number of imidazole rings is 1. The van der Waals surface area contributed by atoms with Crippen LogP contribution in [0.15, 0.2) is 140 Å². The van der Waals surface area contributed by atoms with Gasteiger partial charge in [0.15, 0.2) is 0 Å². The number of pyridine rings is 1. The third-order valence-corrected chi connectivity index (χ3v) is 13.0. The Morgan fingerprint density at radius 3 is 2.02 bits per heavy atom. The molecule has 8 aromatic rings. The van der Waals surface area contributed by atoms with Crippen molar-refractivity contribution in [1.82, 2.24) is 14.5 Å². The van der Waals surface area contributed by atoms with E-state index in [1.165, 1.54) is 63.1 Å². The minimum atomic E-state index is -2.18. The van der Waals surface area contributed by atoms with Crippen molar-refractivity contribution in [2.45, 2.75) is 66.3 Å². The molecule has 0 unspecified atom stereocenters. The van der Waals surface area contributed by atoms with Crippen LogP contribution in [0.5, 0.6) is 5.75 Å². The summed E-state index contributed by atoms with van der Waals surface area (Å²) in [7, 11) is -2.12. The molecule has 3 heterocycles. The summed E-state index contributed by atoms with van der Waals surface area (Å²) in [5.74, 6) is 2.44. The van der Waals surface area contributed by atoms with E-state index in [2.05, 4.69) is 166 Å². The molecule has 9 rings (SSSR count). The van der Waals surface area contributed by atoms with Crippen molar-refractivity contribution in [2.24, 2.45) is 0 Å². The van der Waals surface area contributed by atoms with Crippen molar-refractivity contribution in [3.05, 3.63) is 174 Å². The number of aromatic nitrogens is 3. The Labute approximate surface area is 366 Å². The zero-order valence-electron chi connectivity index (χ0n) is 39.5. The number of hydrogen-bond acceptors (Lipinski definition) is 3. The summed E-state index contributed by atoms with van der Waals surface area (Å²) in [4.78, 5) is 9.33. The first kappa shape index (κ1) is 33.6. The van der Waals surface area contributed by atoms with Crippen LogP contribution in [0.3, 0.4) is 0 Å². The van der Waals surface area contributed by atoms with Gasteiger partial charge in [-0.2, -0.15) is 0 Å². The summed E-state index contributed by atoms with van der Waals surface area (Å²) in [5.41, 5.74) is 13.3. The summed E-state index contributed by atoms with van der Waals surface area (Å²) >= 11 is 0. The average Bonchev–Trinajstić information content (AvgIpc) is 3.65. The predicted octanol–water partition coefficient (Wildman–Crippen LogP) is 13.0. The summed E-state index contributed by atoms with van der Waals surface area (Å²) < 4.78 is 52.8. The van der Waals surface area contributed by atoms with Crippen LogP contribution in [0.2, 0.25) is 13.1 Å². The van der Waals surface area contributed by atoms with E-state index < -0.39 is 22.0 Å². The molecule has 0 fully saturated rings. The monoisotopic (exact) mass is 958 g/mol. The second kappa shape index (κ2) is 16.8. The van der Waals surface area contributed by atoms with E-state index in [0.717, 1.165) is 33.7 Å². The maximum Gasteiger partial charge on any atom is 0.274 e. The molecule has 0 saturated heterocycles. The van der Waals surface area contributed by atoms with Gasteiger partial charge in [0.05, 0.1) is 16.9 Å². The van der Waals surface area contributed by atoms with Crippen LogP contribution in [-0.4, -0.2) is 22.9 Å². The SMILES string of the molecule is CC(C)c1cc(-c2ccccc2)cc(C(C)C)c1-n1c(-c2[c-]cc3c(c2)O[Si](C)(C)c2ccccc2-3)nc2ccccc21.[2H]C([2H])([2H])c1c[c-]c(-c2ccc(C([2H])([2H])[2H])cn2)cc1.[Ir]. The molecule has 6 aromatic carbocycles. The standard InChI is InChI=1S/C39H37N2OSi.C13H12N.Ir/c1-25(2)32-22-29(27-14-8-7-9-15-27)23-33(26(3)4)38(32)41-35-18-12-11-17-34(35)40-39(41)28-20-21-30-31-16-10-13-19-37(31)43(5,6)42-36(30)24-28;1-10-3-6-12(7-4-10)13-8-5-11(2)9-14-13;/h7-19,21-26H,1-6H3;3-6,8-9H,1-2H3;/q2*-1;/i;1D3,2D3;. The van der Waals surface area contributed by atoms with E-state index in [9.17, 15) is 0 Å². The Morgan fingerprint density at radius 1 is 0.672 bits per heavy atom. The van der Waals surface area contributed by atoms with Gasteiger partial charge >= 0.3 is 0 Å². The summed E-state index contributed by atoms with van der Waals surface area (Å²) in [6.07, 6.45) is 1.30. The minimum absolute atomic E-state index is 0. The average molecular weight is 958 g/mol. The second-order valence-corrected chi connectivity index (χ2v) is 19.4. The molecule has 2 aromatic heterocycles. The first-order valence-electron chi connectivity index (χ1n) is 22.5. The van der Waals surface area contributed by atoms with Crippen LogP contribution in [0.1, 0.15) is 70.0 Å². The molecule has 1 radical (unpaired) electrons. The van der Waals surface area contributed by atoms with Crippen LogP contribution in [-0.2, 0) is 20.1 Å². The Bertz CT molecular complexity index is 2840. The number of benzene rings is 6. The fourth-order valence-electron chi connectivity index (χ4n) is 7.65. The van der Waals surface area contributed by atoms with Crippen LogP contribution in [0, 0.1) is 25.8 Å². The number of nitrogens with zero attached hydrogens (tertiary/aromatic N) is 3. The third kappa shape index (κ3) is 8.02. The molecular weight excluding hydrogens is 903 g/mol. The third-order valence-electron chi connectivity index (χ3n) is 10.5. The smallest absolute Gasteiger partial charge is 0.274 e. The molecule has 1 aliphatic heterocycles. The van der Waals surface area contributed by atoms with Gasteiger partial charge in [-0.05, 0) is 94.7 Å². The molecule has 0 amide bonds. The fraction of sp³-hybridized carbons (Fsp3) is 0.192. The molecule has 0 spiro atoms. The molecule has 0 saturated carbocycles. The van der Waals surface area contributed by atoms with Gasteiger partial charge in [-0.1, -0.05) is 125 Å². The molecule has 58 heavy (non-hydrogen) atoms. The van der Waals surface area contributed by atoms with Gasteiger partial charge in [0, 0.05) is 46.0 Å². The van der Waals surface area contributed by atoms with Gasteiger partial charge in [-0.25, -0.2) is 0 Å². The Hall–Kier alpha value is -5.39. The normalized spacial score (nSPS) is 14.6. The van der Waals surface area contributed by atoms with Crippen molar-refractivity contribution in [3.63, 3.8) is 0 Å². The van der Waals surface area contributed by atoms with Crippen molar-refractivity contribution in [3.8, 4) is 56.3 Å². The summed E-state index contributed by atoms with van der Waals surface area (Å²) in [6, 6.07) is 51.0. The zero-order chi connectivity index (χ0) is 44.8. The van der Waals surface area contributed by atoms with Crippen LogP contribution < -0.4 is 9.61 Å². The van der Waals surface area contributed by atoms with E-state index in [1.54, 1.807) is 12.1 Å². The Balaban J connectivity index is 0.000000246. The Morgan fingerprint density at radius 2 is 1.34 bits per heavy atom. The van der Waals surface area contributed by atoms with E-state index >= 15 is 0 Å². The van der Waals surface area contributed by atoms with E-state index in [0.29, 0.717) is 23.1 Å². The number of fused-ring (bicyclic) bond motifs is 4. The van der Waals surface area contributed by atoms with Gasteiger partial charge in [0.25, 0.3) is 8.32 Å². The molecule has 6 heteroatoms. The molecule has 4 nitrogen and oxygen atoms in total. The Kier molecular flexibility index (Phi) is 9.74. The number of hydrogen-bond donors (Lipinski definition) is 0. The molecule has 0 atom stereocenters. The van der Waals surface area contributed by atoms with E-state index in [4.69, 9.17) is 17.6 Å². The van der Waals surface area contributed by atoms with Crippen molar-refractivity contribution >= 4 is 24.5 Å². The largest absolute Gasteiger partial charge is 0.554 e. The molecule has 0 bridgehead atoms. The van der Waals surface area contributed by atoms with Gasteiger partial charge in [-0.3, -0.25) is 4.98 Å². The molecule has 1 aliphatic rings. The first-order valence-corrected chi connectivity index (χ1v) is 22.4. The summed E-state index contributed by atoms with van der Waals surface area (Å²) in [5, 5.41) is 1.33. The maximum atomic E-state index is 7.28. The fourth-order valence-corrected chi connectivity index (χ4v) is 9.85. The van der Waals surface area contributed by atoms with Crippen LogP contribution in [0.25, 0.3) is 61.6 Å². The molecular formula is C52H49IrN3OSi-2. The number of rotatable bonds is 6. The predicted molar refractivity (Wildman–Crippen MR) is 240 cm³/mol. The topological polar surface area (TPSA) is 39.9 Å². The van der Waals surface area contributed by atoms with Crippen LogP contribution in [0.4, 0.5) is 0 Å². The van der Waals surface area contributed by atoms with E-state index in [-0.39, 0.29) is 31.2 Å². The minimum Gasteiger partial charge on any atom is -0.554 e. The van der Waals surface area contributed by atoms with Crippen LogP contribution >= 0.6 is 0 Å². The maximum absolute atomic E-state index is 7.28. The van der Waals surface area contributed by atoms with Crippen molar-refractivity contribution < 1.29 is 32.8 Å². The zero-order valence-corrected chi connectivity index (χ0v) is 36.9. The van der Waals surface area contributed by atoms with E-state index in [1.807, 2.05) is 0 Å². The quantitative estimate of drug-likeness (QED) is 0.123. The van der Waals surface area contributed by atoms with Gasteiger partial charge < -0.3 is 14.0 Å². The number of para-hydroxylation sites is 2. The molecule has 0 N–H and O–H groups in total. The second-order valence-electron chi connectivity index (χ2n) is 15.6. The van der Waals surface area contributed by atoms with Gasteiger partial charge in [-0.15, -0.1) is 59.2 Å². The molecule has 0 aliphatic carbocycles. The number of aryl methyl sites for hydroxylation is 2. The first-order chi connectivity index (χ1) is 29.9.